The lowest BCUT2D eigenvalue weighted by Gasteiger charge is -2.15. The third kappa shape index (κ3) is 5.48. The van der Waals surface area contributed by atoms with E-state index in [0.717, 1.165) is 89.4 Å². The first-order valence-corrected chi connectivity index (χ1v) is 15.2. The molecule has 2 aliphatic rings. The minimum atomic E-state index is 0.153. The molecular weight excluding hydrogens is 563 g/mol. The molecule has 0 radical (unpaired) electrons. The molecule has 206 valence electrons. The molecular formula is C31H30Cl2N4O2S. The van der Waals surface area contributed by atoms with Gasteiger partial charge < -0.3 is 15.4 Å². The second-order valence-electron chi connectivity index (χ2n) is 10.2. The lowest BCUT2D eigenvalue weighted by atomic mass is 9.98. The van der Waals surface area contributed by atoms with Gasteiger partial charge in [-0.05, 0) is 31.7 Å². The van der Waals surface area contributed by atoms with Crippen molar-refractivity contribution in [3.63, 3.8) is 0 Å². The van der Waals surface area contributed by atoms with Crippen molar-refractivity contribution >= 4 is 40.4 Å². The number of rotatable bonds is 8. The number of carbonyl (C=O) groups excluding carboxylic acids is 1. The topological polar surface area (TPSA) is 76.1 Å². The molecule has 0 aliphatic carbocycles. The standard InChI is InChI=1S/C31H30Cl2N4O2S/c1-39-30-18(5-2-6-19-12-14-27(38)35-19)11-13-24(36-30)22-9-3-7-20(28(22)32)21-8-4-10-23(29(21)33)31-37-25-15-16-34-17-26(25)40-31/h3-4,7-11,13,19,34H,2,5-6,12,14-17H2,1H3,(H,35,38)/t19-/m1/s1. The number of fused-ring (bicyclic) bond motifs is 1. The van der Waals surface area contributed by atoms with Gasteiger partial charge in [-0.1, -0.05) is 65.7 Å². The molecule has 0 bridgehead atoms. The average Bonchev–Trinajstić information content (AvgIpc) is 3.59. The summed E-state index contributed by atoms with van der Waals surface area (Å²) >= 11 is 15.8. The number of hydrogen-bond donors (Lipinski definition) is 2. The Balaban J connectivity index is 1.27. The van der Waals surface area contributed by atoms with Crippen LogP contribution in [0, 0.1) is 0 Å². The van der Waals surface area contributed by atoms with E-state index in [2.05, 4.69) is 16.7 Å². The molecule has 1 saturated heterocycles. The summed E-state index contributed by atoms with van der Waals surface area (Å²) in [6, 6.07) is 16.3. The molecule has 1 amide bonds. The number of nitrogens with zero attached hydrogens (tertiary/aromatic N) is 2. The molecule has 2 N–H and O–H groups in total. The molecule has 6 rings (SSSR count). The van der Waals surface area contributed by atoms with Crippen LogP contribution in [0.3, 0.4) is 0 Å². The normalized spacial score (nSPS) is 16.6. The Morgan fingerprint density at radius 1 is 0.975 bits per heavy atom. The van der Waals surface area contributed by atoms with Crippen molar-refractivity contribution in [3.8, 4) is 38.8 Å². The van der Waals surface area contributed by atoms with Gasteiger partial charge >= 0.3 is 0 Å². The van der Waals surface area contributed by atoms with E-state index in [1.54, 1.807) is 18.4 Å². The van der Waals surface area contributed by atoms with Crippen molar-refractivity contribution in [2.45, 2.75) is 51.1 Å². The van der Waals surface area contributed by atoms with Gasteiger partial charge in [-0.2, -0.15) is 0 Å². The van der Waals surface area contributed by atoms with Crippen LogP contribution < -0.4 is 15.4 Å². The first-order valence-electron chi connectivity index (χ1n) is 13.6. The van der Waals surface area contributed by atoms with Gasteiger partial charge in [-0.15, -0.1) is 11.3 Å². The maximum atomic E-state index is 11.5. The molecule has 4 heterocycles. The quantitative estimate of drug-likeness (QED) is 0.228. The van der Waals surface area contributed by atoms with E-state index in [1.165, 1.54) is 4.88 Å². The summed E-state index contributed by atoms with van der Waals surface area (Å²) in [6.45, 7) is 1.80. The third-order valence-electron chi connectivity index (χ3n) is 7.61. The van der Waals surface area contributed by atoms with Crippen molar-refractivity contribution in [2.75, 3.05) is 13.7 Å². The summed E-state index contributed by atoms with van der Waals surface area (Å²) < 4.78 is 5.66. The smallest absolute Gasteiger partial charge is 0.220 e. The molecule has 0 unspecified atom stereocenters. The molecule has 40 heavy (non-hydrogen) atoms. The molecule has 4 aromatic rings. The fourth-order valence-corrected chi connectivity index (χ4v) is 7.31. The Morgan fingerprint density at radius 2 is 1.73 bits per heavy atom. The monoisotopic (exact) mass is 592 g/mol. The van der Waals surface area contributed by atoms with Crippen LogP contribution in [-0.2, 0) is 24.2 Å². The van der Waals surface area contributed by atoms with Gasteiger partial charge in [0.25, 0.3) is 0 Å². The van der Waals surface area contributed by atoms with E-state index in [1.807, 2.05) is 42.5 Å². The lowest BCUT2D eigenvalue weighted by Crippen LogP contribution is -2.25. The minimum absolute atomic E-state index is 0.153. The summed E-state index contributed by atoms with van der Waals surface area (Å²) in [4.78, 5) is 22.5. The van der Waals surface area contributed by atoms with E-state index in [-0.39, 0.29) is 11.9 Å². The average molecular weight is 594 g/mol. The summed E-state index contributed by atoms with van der Waals surface area (Å²) in [5.41, 5.74) is 6.38. The number of amides is 1. The maximum Gasteiger partial charge on any atom is 0.220 e. The SMILES string of the molecule is COc1nc(-c2cccc(-c3cccc(-c4nc5c(s4)CNCC5)c3Cl)c2Cl)ccc1CCC[C@@H]1CCC(=O)N1. The number of aromatic nitrogens is 2. The maximum absolute atomic E-state index is 11.5. The number of halogens is 2. The van der Waals surface area contributed by atoms with E-state index in [0.29, 0.717) is 22.3 Å². The van der Waals surface area contributed by atoms with Gasteiger partial charge in [0.2, 0.25) is 11.8 Å². The highest BCUT2D eigenvalue weighted by Gasteiger charge is 2.22. The zero-order valence-electron chi connectivity index (χ0n) is 22.2. The van der Waals surface area contributed by atoms with E-state index >= 15 is 0 Å². The number of carbonyl (C=O) groups is 1. The van der Waals surface area contributed by atoms with Crippen LogP contribution in [0.4, 0.5) is 0 Å². The number of aryl methyl sites for hydroxylation is 1. The fourth-order valence-electron chi connectivity index (χ4n) is 5.50. The molecule has 0 saturated carbocycles. The second kappa shape index (κ2) is 11.9. The Kier molecular flexibility index (Phi) is 8.08. The van der Waals surface area contributed by atoms with E-state index < -0.39 is 0 Å². The van der Waals surface area contributed by atoms with Crippen LogP contribution in [0.25, 0.3) is 33.0 Å². The van der Waals surface area contributed by atoms with Crippen LogP contribution in [-0.4, -0.2) is 35.6 Å². The minimum Gasteiger partial charge on any atom is -0.481 e. The van der Waals surface area contributed by atoms with E-state index in [9.17, 15) is 4.79 Å². The number of nitrogens with one attached hydrogen (secondary N) is 2. The van der Waals surface area contributed by atoms with Crippen molar-refractivity contribution in [1.82, 2.24) is 20.6 Å². The predicted octanol–water partition coefficient (Wildman–Crippen LogP) is 7.10. The van der Waals surface area contributed by atoms with Crippen molar-refractivity contribution in [3.05, 3.63) is 74.7 Å². The van der Waals surface area contributed by atoms with Crippen LogP contribution in [0.1, 0.15) is 41.8 Å². The van der Waals surface area contributed by atoms with Gasteiger partial charge in [0.15, 0.2) is 0 Å². The lowest BCUT2D eigenvalue weighted by molar-refractivity contribution is -0.119. The van der Waals surface area contributed by atoms with Crippen LogP contribution in [0.2, 0.25) is 10.0 Å². The summed E-state index contributed by atoms with van der Waals surface area (Å²) in [7, 11) is 1.64. The van der Waals surface area contributed by atoms with Gasteiger partial charge in [0.05, 0.1) is 28.5 Å². The predicted molar refractivity (Wildman–Crippen MR) is 162 cm³/mol. The second-order valence-corrected chi connectivity index (χ2v) is 12.0. The van der Waals surface area contributed by atoms with Crippen molar-refractivity contribution in [1.29, 1.82) is 0 Å². The summed E-state index contributed by atoms with van der Waals surface area (Å²) in [5.74, 6) is 0.747. The highest BCUT2D eigenvalue weighted by Crippen LogP contribution is 2.43. The number of thiazole rings is 1. The number of methoxy groups -OCH3 is 1. The number of ether oxygens (including phenoxy) is 1. The van der Waals surface area contributed by atoms with Crippen LogP contribution >= 0.6 is 34.5 Å². The van der Waals surface area contributed by atoms with Crippen molar-refractivity contribution in [2.24, 2.45) is 0 Å². The third-order valence-corrected chi connectivity index (χ3v) is 9.56. The van der Waals surface area contributed by atoms with Gasteiger partial charge in [0.1, 0.15) is 5.01 Å². The molecule has 1 atom stereocenters. The van der Waals surface area contributed by atoms with E-state index in [4.69, 9.17) is 37.9 Å². The largest absolute Gasteiger partial charge is 0.481 e. The molecule has 2 aromatic heterocycles. The first kappa shape index (κ1) is 27.2. The zero-order valence-corrected chi connectivity index (χ0v) is 24.6. The molecule has 2 aliphatic heterocycles. The Bertz CT molecular complexity index is 1550. The van der Waals surface area contributed by atoms with Gasteiger partial charge in [-0.25, -0.2) is 9.97 Å². The number of benzene rings is 2. The number of pyridine rings is 1. The van der Waals surface area contributed by atoms with Gasteiger partial charge in [0, 0.05) is 64.7 Å². The fraction of sp³-hybridized carbons (Fsp3) is 0.323. The molecule has 2 aromatic carbocycles. The number of hydrogen-bond acceptors (Lipinski definition) is 6. The first-order chi connectivity index (χ1) is 19.5. The van der Waals surface area contributed by atoms with Crippen LogP contribution in [0.15, 0.2) is 48.5 Å². The molecule has 0 spiro atoms. The van der Waals surface area contributed by atoms with Gasteiger partial charge in [-0.3, -0.25) is 4.79 Å². The zero-order chi connectivity index (χ0) is 27.6. The highest BCUT2D eigenvalue weighted by molar-refractivity contribution is 7.15. The van der Waals surface area contributed by atoms with Crippen molar-refractivity contribution < 1.29 is 9.53 Å². The summed E-state index contributed by atoms with van der Waals surface area (Å²) in [6.07, 6.45) is 5.21. The Labute approximate surface area is 248 Å². The molecule has 9 heteroatoms. The summed E-state index contributed by atoms with van der Waals surface area (Å²) in [5, 5.41) is 8.61. The Hall–Kier alpha value is -2.97. The van der Waals surface area contributed by atoms with Crippen LogP contribution in [0.5, 0.6) is 5.88 Å². The Morgan fingerprint density at radius 3 is 2.45 bits per heavy atom. The highest BCUT2D eigenvalue weighted by atomic mass is 35.5. The molecule has 6 nitrogen and oxygen atoms in total. The molecule has 1 fully saturated rings.